The van der Waals surface area contributed by atoms with E-state index in [0.717, 1.165) is 10.9 Å². The Kier molecular flexibility index (Phi) is 3.43. The summed E-state index contributed by atoms with van der Waals surface area (Å²) >= 11 is 0. The van der Waals surface area contributed by atoms with Crippen molar-refractivity contribution in [2.75, 3.05) is 0 Å². The number of nitrogens with one attached hydrogen (secondary N) is 1. The summed E-state index contributed by atoms with van der Waals surface area (Å²) in [6, 6.07) is 13.0. The maximum Gasteiger partial charge on any atom is 0.347 e. The van der Waals surface area contributed by atoms with Crippen LogP contribution in [0.25, 0.3) is 22.0 Å². The number of fused-ring (bicyclic) bond motifs is 1. The third-order valence-corrected chi connectivity index (χ3v) is 4.33. The van der Waals surface area contributed by atoms with Gasteiger partial charge in [0, 0.05) is 34.3 Å². The number of nitro benzene ring substituents is 1. The van der Waals surface area contributed by atoms with Crippen molar-refractivity contribution in [2.24, 2.45) is 0 Å². The lowest BCUT2D eigenvalue weighted by atomic mass is 9.94. The van der Waals surface area contributed by atoms with Crippen molar-refractivity contribution in [3.8, 4) is 0 Å². The Morgan fingerprint density at radius 1 is 1.00 bits per heavy atom. The fourth-order valence-electron chi connectivity index (χ4n) is 3.25. The van der Waals surface area contributed by atoms with Crippen LogP contribution >= 0.6 is 0 Å². The molecule has 4 rings (SSSR count). The van der Waals surface area contributed by atoms with Crippen molar-refractivity contribution in [1.29, 1.82) is 0 Å². The summed E-state index contributed by atoms with van der Waals surface area (Å²) < 4.78 is 4.83. The smallest absolute Gasteiger partial charge is 0.347 e. The lowest BCUT2D eigenvalue weighted by molar-refractivity contribution is -0.384. The number of nitro groups is 1. The molecule has 128 valence electrons. The number of H-pyrrole nitrogens is 1. The number of non-ortho nitro benzene ring substituents is 1. The van der Waals surface area contributed by atoms with E-state index in [1.165, 1.54) is 18.2 Å². The van der Waals surface area contributed by atoms with Crippen LogP contribution in [0.5, 0.6) is 0 Å². The molecule has 0 aliphatic carbocycles. The second kappa shape index (κ2) is 5.66. The van der Waals surface area contributed by atoms with Gasteiger partial charge < -0.3 is 9.72 Å². The first-order valence-corrected chi connectivity index (χ1v) is 7.80. The number of aromatic nitrogens is 1. The number of ether oxygens (including phenoxy) is 1. The van der Waals surface area contributed by atoms with Crippen LogP contribution in [0.2, 0.25) is 0 Å². The maximum atomic E-state index is 12.4. The lowest BCUT2D eigenvalue weighted by Gasteiger charge is -2.04. The number of benzene rings is 2. The first-order chi connectivity index (χ1) is 12.5. The highest BCUT2D eigenvalue weighted by Gasteiger charge is 2.37. The van der Waals surface area contributed by atoms with Gasteiger partial charge in [0.15, 0.2) is 0 Å². The van der Waals surface area contributed by atoms with E-state index in [1.807, 2.05) is 24.3 Å². The standard InChI is InChI=1S/C19H12N2O5/c1-10-15(13-7-2-3-8-14(13)20-10)17-16(18(22)26-19(17)23)11-5-4-6-12(9-11)21(24)25/h2-9,20H,1H3. The van der Waals surface area contributed by atoms with E-state index >= 15 is 0 Å². The molecule has 0 saturated heterocycles. The zero-order chi connectivity index (χ0) is 18.4. The molecule has 3 aromatic rings. The first kappa shape index (κ1) is 15.8. The van der Waals surface area contributed by atoms with Gasteiger partial charge in [0.25, 0.3) is 5.69 Å². The molecule has 0 unspecified atom stereocenters. The number of cyclic esters (lactones) is 2. The van der Waals surface area contributed by atoms with Crippen LogP contribution in [-0.4, -0.2) is 21.8 Å². The summed E-state index contributed by atoms with van der Waals surface area (Å²) in [5, 5.41) is 11.8. The zero-order valence-corrected chi connectivity index (χ0v) is 13.6. The quantitative estimate of drug-likeness (QED) is 0.338. The fourth-order valence-corrected chi connectivity index (χ4v) is 3.25. The van der Waals surface area contributed by atoms with E-state index in [9.17, 15) is 19.7 Å². The first-order valence-electron chi connectivity index (χ1n) is 7.80. The summed E-state index contributed by atoms with van der Waals surface area (Å²) in [5.41, 5.74) is 2.34. The lowest BCUT2D eigenvalue weighted by Crippen LogP contribution is -2.02. The van der Waals surface area contributed by atoms with E-state index < -0.39 is 16.9 Å². The van der Waals surface area contributed by atoms with Crippen molar-refractivity contribution in [2.45, 2.75) is 6.92 Å². The zero-order valence-electron chi connectivity index (χ0n) is 13.6. The second-order valence-electron chi connectivity index (χ2n) is 5.90. The van der Waals surface area contributed by atoms with E-state index in [0.29, 0.717) is 11.3 Å². The molecule has 0 radical (unpaired) electrons. The molecular formula is C19H12N2O5. The third-order valence-electron chi connectivity index (χ3n) is 4.33. The molecule has 7 heteroatoms. The van der Waals surface area contributed by atoms with Gasteiger partial charge in [-0.2, -0.15) is 0 Å². The Morgan fingerprint density at radius 3 is 2.50 bits per heavy atom. The molecule has 1 N–H and O–H groups in total. The molecule has 2 aromatic carbocycles. The van der Waals surface area contributed by atoms with Gasteiger partial charge in [-0.05, 0) is 18.6 Å². The van der Waals surface area contributed by atoms with Crippen LogP contribution in [0.1, 0.15) is 16.8 Å². The topological polar surface area (TPSA) is 102 Å². The number of aromatic amines is 1. The average Bonchev–Trinajstić information content (AvgIpc) is 3.09. The van der Waals surface area contributed by atoms with Crippen LogP contribution in [0, 0.1) is 17.0 Å². The highest BCUT2D eigenvalue weighted by molar-refractivity contribution is 6.46. The second-order valence-corrected chi connectivity index (χ2v) is 5.90. The van der Waals surface area contributed by atoms with Gasteiger partial charge >= 0.3 is 11.9 Å². The Bertz CT molecular complexity index is 1140. The Morgan fingerprint density at radius 2 is 1.73 bits per heavy atom. The minimum Gasteiger partial charge on any atom is -0.386 e. The molecule has 26 heavy (non-hydrogen) atoms. The van der Waals surface area contributed by atoms with E-state index in [1.54, 1.807) is 13.0 Å². The number of hydrogen-bond donors (Lipinski definition) is 1. The van der Waals surface area contributed by atoms with Crippen LogP contribution in [-0.2, 0) is 14.3 Å². The Labute approximate surface area is 147 Å². The van der Waals surface area contributed by atoms with Crippen molar-refractivity contribution in [3.05, 3.63) is 75.5 Å². The number of esters is 2. The maximum absolute atomic E-state index is 12.4. The van der Waals surface area contributed by atoms with E-state index in [-0.39, 0.29) is 22.4 Å². The number of para-hydroxylation sites is 1. The van der Waals surface area contributed by atoms with Crippen molar-refractivity contribution >= 4 is 39.7 Å². The van der Waals surface area contributed by atoms with Crippen molar-refractivity contribution in [1.82, 2.24) is 4.98 Å². The highest BCUT2D eigenvalue weighted by atomic mass is 16.6. The number of hydrogen-bond acceptors (Lipinski definition) is 5. The summed E-state index contributed by atoms with van der Waals surface area (Å²) in [7, 11) is 0. The van der Waals surface area contributed by atoms with E-state index in [4.69, 9.17) is 4.74 Å². The van der Waals surface area contributed by atoms with Gasteiger partial charge in [-0.3, -0.25) is 10.1 Å². The van der Waals surface area contributed by atoms with Crippen molar-refractivity contribution < 1.29 is 19.2 Å². The number of nitrogens with zero attached hydrogens (tertiary/aromatic N) is 1. The Balaban J connectivity index is 2.04. The minimum absolute atomic E-state index is 0.0338. The predicted octanol–water partition coefficient (Wildman–Crippen LogP) is 3.38. The average molecular weight is 348 g/mol. The molecule has 2 heterocycles. The number of carbonyl (C=O) groups is 2. The summed E-state index contributed by atoms with van der Waals surface area (Å²) in [6.45, 7) is 1.80. The molecule has 0 saturated carbocycles. The van der Waals surface area contributed by atoms with Crippen molar-refractivity contribution in [3.63, 3.8) is 0 Å². The van der Waals surface area contributed by atoms with Gasteiger partial charge in [-0.15, -0.1) is 0 Å². The predicted molar refractivity (Wildman–Crippen MR) is 94.0 cm³/mol. The largest absolute Gasteiger partial charge is 0.386 e. The highest BCUT2D eigenvalue weighted by Crippen LogP contribution is 2.39. The molecule has 0 bridgehead atoms. The SMILES string of the molecule is Cc1[nH]c2ccccc2c1C1=C(c2cccc([N+](=O)[O-])c2)C(=O)OC1=O. The van der Waals surface area contributed by atoms with Gasteiger partial charge in [-0.25, -0.2) is 9.59 Å². The van der Waals surface area contributed by atoms with Crippen LogP contribution in [0.15, 0.2) is 48.5 Å². The molecule has 1 aliphatic rings. The molecule has 1 aromatic heterocycles. The van der Waals surface area contributed by atoms with Gasteiger partial charge in [-0.1, -0.05) is 30.3 Å². The normalized spacial score (nSPS) is 14.2. The van der Waals surface area contributed by atoms with E-state index in [2.05, 4.69) is 4.98 Å². The summed E-state index contributed by atoms with van der Waals surface area (Å²) in [5.74, 6) is -1.57. The van der Waals surface area contributed by atoms with Crippen LogP contribution in [0.3, 0.4) is 0 Å². The fraction of sp³-hybridized carbons (Fsp3) is 0.0526. The molecule has 0 fully saturated rings. The van der Waals surface area contributed by atoms with Gasteiger partial charge in [0.05, 0.1) is 16.1 Å². The monoisotopic (exact) mass is 348 g/mol. The van der Waals surface area contributed by atoms with Gasteiger partial charge in [0.1, 0.15) is 0 Å². The van der Waals surface area contributed by atoms with Crippen LogP contribution in [0.4, 0.5) is 5.69 Å². The molecule has 0 spiro atoms. The van der Waals surface area contributed by atoms with Crippen LogP contribution < -0.4 is 0 Å². The summed E-state index contributed by atoms with van der Waals surface area (Å²) in [6.07, 6.45) is 0. The third kappa shape index (κ3) is 2.29. The molecule has 1 aliphatic heterocycles. The molecule has 0 amide bonds. The number of aryl methyl sites for hydroxylation is 1. The Hall–Kier alpha value is -3.74. The van der Waals surface area contributed by atoms with Gasteiger partial charge in [0.2, 0.25) is 0 Å². The molecule has 7 nitrogen and oxygen atoms in total. The minimum atomic E-state index is -0.810. The number of rotatable bonds is 3. The summed E-state index contributed by atoms with van der Waals surface area (Å²) in [4.78, 5) is 38.5. The number of carbonyl (C=O) groups excluding carboxylic acids is 2. The molecule has 0 atom stereocenters. The molecular weight excluding hydrogens is 336 g/mol.